The van der Waals surface area contributed by atoms with E-state index in [0.29, 0.717) is 31.6 Å². The normalized spacial score (nSPS) is 15.3. The van der Waals surface area contributed by atoms with Gasteiger partial charge in [0.2, 0.25) is 0 Å². The maximum absolute atomic E-state index is 13.1. The van der Waals surface area contributed by atoms with Gasteiger partial charge in [0.25, 0.3) is 15.9 Å². The summed E-state index contributed by atoms with van der Waals surface area (Å²) in [6, 6.07) is 8.35. The number of anilines is 1. The van der Waals surface area contributed by atoms with E-state index >= 15 is 0 Å². The van der Waals surface area contributed by atoms with E-state index < -0.39 is 21.7 Å². The Hall–Kier alpha value is -2.59. The van der Waals surface area contributed by atoms with Crippen molar-refractivity contribution in [1.82, 2.24) is 10.2 Å². The average molecular weight is 480 g/mol. The second kappa shape index (κ2) is 9.50. The third-order valence-corrected chi connectivity index (χ3v) is 7.37. The first-order valence-corrected chi connectivity index (χ1v) is 12.8. The van der Waals surface area contributed by atoms with Crippen molar-refractivity contribution in [1.29, 1.82) is 0 Å². The van der Waals surface area contributed by atoms with Crippen LogP contribution in [0.2, 0.25) is 0 Å². The quantitative estimate of drug-likeness (QED) is 0.675. The Morgan fingerprint density at radius 1 is 1.09 bits per heavy atom. The molecule has 8 nitrogen and oxygen atoms in total. The molecule has 32 heavy (non-hydrogen) atoms. The molecule has 0 radical (unpaired) electrons. The monoisotopic (exact) mass is 479 g/mol. The van der Waals surface area contributed by atoms with Gasteiger partial charge in [-0.25, -0.2) is 13.2 Å². The van der Waals surface area contributed by atoms with Gasteiger partial charge in [-0.05, 0) is 64.1 Å². The lowest BCUT2D eigenvalue weighted by atomic mass is 10.1. The lowest BCUT2D eigenvalue weighted by Crippen LogP contribution is -2.47. The summed E-state index contributed by atoms with van der Waals surface area (Å²) in [5.74, 6) is -0.319. The third kappa shape index (κ3) is 6.23. The third-order valence-electron chi connectivity index (χ3n) is 4.92. The van der Waals surface area contributed by atoms with Crippen LogP contribution >= 0.6 is 11.3 Å². The maximum Gasteiger partial charge on any atom is 0.407 e. The summed E-state index contributed by atoms with van der Waals surface area (Å²) in [5.41, 5.74) is 0.882. The Morgan fingerprint density at radius 2 is 1.72 bits per heavy atom. The van der Waals surface area contributed by atoms with Crippen molar-refractivity contribution in [2.45, 2.75) is 57.1 Å². The largest absolute Gasteiger partial charge is 0.444 e. The number of alkyl carbamates (subject to hydrolysis) is 1. The highest BCUT2D eigenvalue weighted by atomic mass is 32.2. The zero-order chi connectivity index (χ0) is 23.5. The first-order chi connectivity index (χ1) is 14.9. The Bertz CT molecular complexity index is 1060. The van der Waals surface area contributed by atoms with Gasteiger partial charge in [0.1, 0.15) is 15.4 Å². The summed E-state index contributed by atoms with van der Waals surface area (Å²) in [6.45, 7) is 8.15. The molecule has 0 saturated carbocycles. The number of carbonyl (C=O) groups excluding carboxylic acids is 2. The second-order valence-electron chi connectivity index (χ2n) is 8.80. The van der Waals surface area contributed by atoms with Gasteiger partial charge >= 0.3 is 6.09 Å². The highest BCUT2D eigenvalue weighted by molar-refractivity contribution is 7.93. The number of carbonyl (C=O) groups is 2. The zero-order valence-electron chi connectivity index (χ0n) is 18.7. The van der Waals surface area contributed by atoms with Crippen molar-refractivity contribution in [3.63, 3.8) is 0 Å². The molecule has 0 atom stereocenters. The van der Waals surface area contributed by atoms with Gasteiger partial charge in [-0.2, -0.15) is 0 Å². The van der Waals surface area contributed by atoms with Crippen LogP contribution in [0.5, 0.6) is 0 Å². The van der Waals surface area contributed by atoms with E-state index in [1.54, 1.807) is 43.2 Å². The molecule has 1 aliphatic rings. The summed E-state index contributed by atoms with van der Waals surface area (Å²) >= 11 is 1.11. The van der Waals surface area contributed by atoms with Gasteiger partial charge < -0.3 is 15.0 Å². The lowest BCUT2D eigenvalue weighted by molar-refractivity contribution is 0.0473. The van der Waals surface area contributed by atoms with Crippen LogP contribution in [0.15, 0.2) is 40.6 Å². The summed E-state index contributed by atoms with van der Waals surface area (Å²) in [7, 11) is -3.90. The van der Waals surface area contributed by atoms with Gasteiger partial charge in [-0.1, -0.05) is 17.7 Å². The van der Waals surface area contributed by atoms with Crippen molar-refractivity contribution in [3.8, 4) is 0 Å². The van der Waals surface area contributed by atoms with Crippen molar-refractivity contribution in [2.75, 3.05) is 17.8 Å². The summed E-state index contributed by atoms with van der Waals surface area (Å²) < 4.78 is 33.6. The number of ether oxygens (including phenoxy) is 1. The number of amides is 2. The number of nitrogens with one attached hydrogen (secondary N) is 2. The van der Waals surface area contributed by atoms with E-state index in [1.165, 1.54) is 6.07 Å². The summed E-state index contributed by atoms with van der Waals surface area (Å²) in [4.78, 5) is 26.8. The Balaban J connectivity index is 1.63. The number of likely N-dealkylation sites (tertiary alicyclic amines) is 1. The van der Waals surface area contributed by atoms with Crippen LogP contribution in [0.1, 0.15) is 48.8 Å². The van der Waals surface area contributed by atoms with Gasteiger partial charge in [0, 0.05) is 24.8 Å². The molecule has 2 aromatic rings. The molecule has 2 N–H and O–H groups in total. The number of hydrogen-bond acceptors (Lipinski definition) is 6. The number of benzene rings is 1. The van der Waals surface area contributed by atoms with Crippen LogP contribution in [0.4, 0.5) is 10.5 Å². The second-order valence-corrected chi connectivity index (χ2v) is 11.4. The highest BCUT2D eigenvalue weighted by Gasteiger charge is 2.30. The predicted octanol–water partition coefficient (Wildman–Crippen LogP) is 3.99. The van der Waals surface area contributed by atoms with Crippen LogP contribution in [-0.2, 0) is 14.8 Å². The van der Waals surface area contributed by atoms with Gasteiger partial charge in [0.05, 0.1) is 0 Å². The molecule has 2 amide bonds. The van der Waals surface area contributed by atoms with E-state index in [1.807, 2.05) is 19.1 Å². The van der Waals surface area contributed by atoms with Gasteiger partial charge in [-0.3, -0.25) is 9.52 Å². The van der Waals surface area contributed by atoms with E-state index in [9.17, 15) is 18.0 Å². The van der Waals surface area contributed by atoms with Crippen LogP contribution in [0.3, 0.4) is 0 Å². The number of piperidine rings is 1. The maximum atomic E-state index is 13.1. The molecular weight excluding hydrogens is 450 g/mol. The van der Waals surface area contributed by atoms with Crippen LogP contribution in [-0.4, -0.2) is 50.1 Å². The van der Waals surface area contributed by atoms with Gasteiger partial charge in [-0.15, -0.1) is 11.3 Å². The van der Waals surface area contributed by atoms with Crippen LogP contribution in [0.25, 0.3) is 0 Å². The van der Waals surface area contributed by atoms with E-state index in [-0.39, 0.29) is 21.7 Å². The minimum Gasteiger partial charge on any atom is -0.444 e. The zero-order valence-corrected chi connectivity index (χ0v) is 20.3. The molecule has 0 aliphatic carbocycles. The molecule has 1 fully saturated rings. The molecule has 1 aliphatic heterocycles. The fraction of sp³-hybridized carbons (Fsp3) is 0.455. The van der Waals surface area contributed by atoms with Crippen molar-refractivity contribution < 1.29 is 22.7 Å². The number of nitrogens with zero attached hydrogens (tertiary/aromatic N) is 1. The molecule has 1 saturated heterocycles. The highest BCUT2D eigenvalue weighted by Crippen LogP contribution is 2.27. The van der Waals surface area contributed by atoms with Crippen molar-refractivity contribution in [3.05, 3.63) is 46.2 Å². The number of aryl methyl sites for hydroxylation is 1. The smallest absolute Gasteiger partial charge is 0.407 e. The standard InChI is InChI=1S/C22H29N3O5S2/c1-15-5-7-17(8-6-15)24-32(28,29)18-11-14-31-19(18)20(26)25-12-9-16(10-13-25)23-21(27)30-22(2,3)4/h5-8,11,14,16,24H,9-10,12-13H2,1-4H3,(H,23,27). The van der Waals surface area contributed by atoms with Crippen molar-refractivity contribution >= 4 is 39.0 Å². The van der Waals surface area contributed by atoms with Gasteiger partial charge in [0.15, 0.2) is 0 Å². The number of hydrogen-bond donors (Lipinski definition) is 2. The molecule has 10 heteroatoms. The molecule has 0 bridgehead atoms. The number of thiophene rings is 1. The Morgan fingerprint density at radius 3 is 2.31 bits per heavy atom. The molecule has 1 aromatic carbocycles. The minimum atomic E-state index is -3.90. The summed E-state index contributed by atoms with van der Waals surface area (Å²) in [6.07, 6.45) is 0.663. The molecular formula is C22H29N3O5S2. The van der Waals surface area contributed by atoms with Crippen molar-refractivity contribution in [2.24, 2.45) is 0 Å². The summed E-state index contributed by atoms with van der Waals surface area (Å²) in [5, 5.41) is 4.44. The minimum absolute atomic E-state index is 0.0259. The SMILES string of the molecule is Cc1ccc(NS(=O)(=O)c2ccsc2C(=O)N2CCC(NC(=O)OC(C)(C)C)CC2)cc1. The fourth-order valence-electron chi connectivity index (χ4n) is 3.34. The van der Waals surface area contributed by atoms with E-state index in [4.69, 9.17) is 4.74 Å². The number of sulfonamides is 1. The van der Waals surface area contributed by atoms with E-state index in [2.05, 4.69) is 10.0 Å². The molecule has 1 aromatic heterocycles. The van der Waals surface area contributed by atoms with Crippen LogP contribution < -0.4 is 10.0 Å². The average Bonchev–Trinajstić information content (AvgIpc) is 3.19. The first-order valence-electron chi connectivity index (χ1n) is 10.4. The predicted molar refractivity (Wildman–Crippen MR) is 125 cm³/mol. The molecule has 0 spiro atoms. The molecule has 2 heterocycles. The fourth-order valence-corrected chi connectivity index (χ4v) is 5.79. The molecule has 0 unspecified atom stereocenters. The lowest BCUT2D eigenvalue weighted by Gasteiger charge is -2.32. The number of rotatable bonds is 5. The Labute approximate surface area is 193 Å². The first kappa shape index (κ1) is 24.1. The topological polar surface area (TPSA) is 105 Å². The van der Waals surface area contributed by atoms with E-state index in [0.717, 1.165) is 16.9 Å². The molecule has 174 valence electrons. The Kier molecular flexibility index (Phi) is 7.14. The molecule has 3 rings (SSSR count). The van der Waals surface area contributed by atoms with Crippen LogP contribution in [0, 0.1) is 6.92 Å².